The van der Waals surface area contributed by atoms with Gasteiger partial charge in [0.1, 0.15) is 0 Å². The molecule has 3 heteroatoms. The van der Waals surface area contributed by atoms with Crippen LogP contribution in [-0.2, 0) is 6.42 Å². The zero-order valence-electron chi connectivity index (χ0n) is 10.8. The number of hydrogen-bond donors (Lipinski definition) is 0. The Bertz CT molecular complexity index is 612. The van der Waals surface area contributed by atoms with Crippen molar-refractivity contribution in [3.63, 3.8) is 0 Å². The molecule has 19 heavy (non-hydrogen) atoms. The molecule has 0 atom stereocenters. The Morgan fingerprint density at radius 2 is 1.58 bits per heavy atom. The summed E-state index contributed by atoms with van der Waals surface area (Å²) in [5.41, 5.74) is 3.78. The SMILES string of the molecule is Cc1cccc(C)c1CC(=O)c1cccc(Cl)c1Cl. The van der Waals surface area contributed by atoms with Crippen LogP contribution < -0.4 is 0 Å². The summed E-state index contributed by atoms with van der Waals surface area (Å²) in [6.45, 7) is 4.02. The molecule has 0 saturated carbocycles. The second kappa shape index (κ2) is 5.77. The average Bonchev–Trinajstić information content (AvgIpc) is 2.37. The molecule has 0 saturated heterocycles. The van der Waals surface area contributed by atoms with Crippen LogP contribution in [0.4, 0.5) is 0 Å². The summed E-state index contributed by atoms with van der Waals surface area (Å²) >= 11 is 12.0. The highest BCUT2D eigenvalue weighted by Gasteiger charge is 2.15. The number of carbonyl (C=O) groups is 1. The molecule has 0 aliphatic rings. The van der Waals surface area contributed by atoms with Gasteiger partial charge < -0.3 is 0 Å². The van der Waals surface area contributed by atoms with Crippen LogP contribution >= 0.6 is 23.2 Å². The van der Waals surface area contributed by atoms with Crippen molar-refractivity contribution < 1.29 is 4.79 Å². The maximum Gasteiger partial charge on any atom is 0.168 e. The molecule has 98 valence electrons. The summed E-state index contributed by atoms with van der Waals surface area (Å²) in [6, 6.07) is 11.1. The van der Waals surface area contributed by atoms with E-state index in [4.69, 9.17) is 23.2 Å². The average molecular weight is 293 g/mol. The summed E-state index contributed by atoms with van der Waals surface area (Å²) in [5.74, 6) is -0.00935. The number of halogens is 2. The van der Waals surface area contributed by atoms with Gasteiger partial charge in [0, 0.05) is 12.0 Å². The normalized spacial score (nSPS) is 10.5. The van der Waals surface area contributed by atoms with Gasteiger partial charge in [0.2, 0.25) is 0 Å². The van der Waals surface area contributed by atoms with E-state index in [-0.39, 0.29) is 5.78 Å². The van der Waals surface area contributed by atoms with E-state index >= 15 is 0 Å². The van der Waals surface area contributed by atoms with Gasteiger partial charge >= 0.3 is 0 Å². The quantitative estimate of drug-likeness (QED) is 0.725. The number of rotatable bonds is 3. The molecule has 0 radical (unpaired) electrons. The highest BCUT2D eigenvalue weighted by Crippen LogP contribution is 2.27. The van der Waals surface area contributed by atoms with Crippen LogP contribution in [0.25, 0.3) is 0 Å². The summed E-state index contributed by atoms with van der Waals surface area (Å²) < 4.78 is 0. The van der Waals surface area contributed by atoms with E-state index < -0.39 is 0 Å². The van der Waals surface area contributed by atoms with E-state index in [9.17, 15) is 4.79 Å². The number of Topliss-reactive ketones (excluding diaryl/α,β-unsaturated/α-hetero) is 1. The molecule has 1 nitrogen and oxygen atoms in total. The number of carbonyl (C=O) groups excluding carboxylic acids is 1. The zero-order valence-corrected chi connectivity index (χ0v) is 12.3. The second-order valence-corrected chi connectivity index (χ2v) is 5.36. The number of benzene rings is 2. The van der Waals surface area contributed by atoms with Crippen LogP contribution in [0.3, 0.4) is 0 Å². The molecule has 2 aromatic rings. The fraction of sp³-hybridized carbons (Fsp3) is 0.188. The first-order valence-electron chi connectivity index (χ1n) is 6.03. The van der Waals surface area contributed by atoms with Gasteiger partial charge in [-0.2, -0.15) is 0 Å². The predicted molar refractivity (Wildman–Crippen MR) is 80.4 cm³/mol. The first-order valence-corrected chi connectivity index (χ1v) is 6.78. The summed E-state index contributed by atoms with van der Waals surface area (Å²) in [7, 11) is 0. The van der Waals surface area contributed by atoms with Crippen molar-refractivity contribution in [1.29, 1.82) is 0 Å². The lowest BCUT2D eigenvalue weighted by Crippen LogP contribution is -2.07. The Morgan fingerprint density at radius 1 is 1.00 bits per heavy atom. The molecule has 0 fully saturated rings. The first-order chi connectivity index (χ1) is 9.00. The minimum atomic E-state index is -0.00935. The molecule has 0 aromatic heterocycles. The Balaban J connectivity index is 2.34. The smallest absolute Gasteiger partial charge is 0.168 e. The molecule has 0 amide bonds. The Morgan fingerprint density at radius 3 is 2.21 bits per heavy atom. The molecule has 0 bridgehead atoms. The predicted octanol–water partition coefficient (Wildman–Crippen LogP) is 5.04. The minimum absolute atomic E-state index is 0.00935. The summed E-state index contributed by atoms with van der Waals surface area (Å²) in [4.78, 5) is 12.3. The van der Waals surface area contributed by atoms with Crippen molar-refractivity contribution in [2.24, 2.45) is 0 Å². The van der Waals surface area contributed by atoms with Crippen LogP contribution in [0.2, 0.25) is 10.0 Å². The van der Waals surface area contributed by atoms with Crippen molar-refractivity contribution in [2.45, 2.75) is 20.3 Å². The maximum atomic E-state index is 12.3. The Labute approximate surface area is 123 Å². The highest BCUT2D eigenvalue weighted by molar-refractivity contribution is 6.43. The van der Waals surface area contributed by atoms with Crippen LogP contribution in [0, 0.1) is 13.8 Å². The van der Waals surface area contributed by atoms with Gasteiger partial charge in [0.05, 0.1) is 10.0 Å². The van der Waals surface area contributed by atoms with Crippen molar-refractivity contribution in [2.75, 3.05) is 0 Å². The van der Waals surface area contributed by atoms with Gasteiger partial charge in [-0.15, -0.1) is 0 Å². The monoisotopic (exact) mass is 292 g/mol. The van der Waals surface area contributed by atoms with Gasteiger partial charge in [0.25, 0.3) is 0 Å². The van der Waals surface area contributed by atoms with Crippen molar-refractivity contribution >= 4 is 29.0 Å². The lowest BCUT2D eigenvalue weighted by molar-refractivity contribution is 0.0992. The first kappa shape index (κ1) is 14.1. The third kappa shape index (κ3) is 2.99. The second-order valence-electron chi connectivity index (χ2n) is 4.57. The fourth-order valence-corrected chi connectivity index (χ4v) is 2.51. The lowest BCUT2D eigenvalue weighted by atomic mass is 9.95. The molecule has 0 heterocycles. The molecule has 2 rings (SSSR count). The molecule has 0 aliphatic carbocycles. The fourth-order valence-electron chi connectivity index (χ4n) is 2.10. The number of ketones is 1. The van der Waals surface area contributed by atoms with Gasteiger partial charge in [-0.3, -0.25) is 4.79 Å². The molecule has 0 spiro atoms. The summed E-state index contributed by atoms with van der Waals surface area (Å²) in [6.07, 6.45) is 0.346. The molecule has 0 unspecified atom stereocenters. The lowest BCUT2D eigenvalue weighted by Gasteiger charge is -2.10. The van der Waals surface area contributed by atoms with Crippen LogP contribution in [-0.4, -0.2) is 5.78 Å². The molecular formula is C16H14Cl2O. The Hall–Kier alpha value is -1.31. The van der Waals surface area contributed by atoms with Crippen molar-refractivity contribution in [3.05, 3.63) is 68.7 Å². The highest BCUT2D eigenvalue weighted by atomic mass is 35.5. The van der Waals surface area contributed by atoms with Gasteiger partial charge in [-0.1, -0.05) is 47.5 Å². The molecule has 2 aromatic carbocycles. The van der Waals surface area contributed by atoms with Gasteiger partial charge in [0.15, 0.2) is 5.78 Å². The van der Waals surface area contributed by atoms with E-state index in [0.717, 1.165) is 16.7 Å². The maximum absolute atomic E-state index is 12.3. The molecule has 0 aliphatic heterocycles. The third-order valence-electron chi connectivity index (χ3n) is 3.23. The molecular weight excluding hydrogens is 279 g/mol. The van der Waals surface area contributed by atoms with E-state index in [1.807, 2.05) is 32.0 Å². The van der Waals surface area contributed by atoms with Crippen LogP contribution in [0.5, 0.6) is 0 Å². The molecule has 0 N–H and O–H groups in total. The van der Waals surface area contributed by atoms with Gasteiger partial charge in [-0.25, -0.2) is 0 Å². The number of hydrogen-bond acceptors (Lipinski definition) is 1. The minimum Gasteiger partial charge on any atom is -0.294 e. The third-order valence-corrected chi connectivity index (χ3v) is 4.05. The van der Waals surface area contributed by atoms with Crippen molar-refractivity contribution in [3.8, 4) is 0 Å². The number of aryl methyl sites for hydroxylation is 2. The Kier molecular flexibility index (Phi) is 4.28. The van der Waals surface area contributed by atoms with E-state index in [0.29, 0.717) is 22.0 Å². The largest absolute Gasteiger partial charge is 0.294 e. The zero-order chi connectivity index (χ0) is 14.0. The van der Waals surface area contributed by atoms with E-state index in [1.54, 1.807) is 18.2 Å². The van der Waals surface area contributed by atoms with Crippen LogP contribution in [0.1, 0.15) is 27.0 Å². The van der Waals surface area contributed by atoms with Crippen LogP contribution in [0.15, 0.2) is 36.4 Å². The van der Waals surface area contributed by atoms with E-state index in [2.05, 4.69) is 0 Å². The van der Waals surface area contributed by atoms with Gasteiger partial charge in [-0.05, 0) is 42.7 Å². The van der Waals surface area contributed by atoms with E-state index in [1.165, 1.54) is 0 Å². The summed E-state index contributed by atoms with van der Waals surface area (Å²) in [5, 5.41) is 0.745. The topological polar surface area (TPSA) is 17.1 Å². The standard InChI is InChI=1S/C16H14Cl2O/c1-10-5-3-6-11(2)13(10)9-15(19)12-7-4-8-14(17)16(12)18/h3-8H,9H2,1-2H3. The van der Waals surface area contributed by atoms with Crippen molar-refractivity contribution in [1.82, 2.24) is 0 Å².